The molecule has 0 radical (unpaired) electrons. The zero-order valence-electron chi connectivity index (χ0n) is 14.3. The molecule has 3 heterocycles. The van der Waals surface area contributed by atoms with E-state index in [1.165, 1.54) is 29.7 Å². The first-order valence-corrected chi connectivity index (χ1v) is 10.0. The predicted octanol–water partition coefficient (Wildman–Crippen LogP) is 4.03. The van der Waals surface area contributed by atoms with E-state index in [0.29, 0.717) is 11.5 Å². The lowest BCUT2D eigenvalue weighted by atomic mass is 9.93. The van der Waals surface area contributed by atoms with Crippen molar-refractivity contribution in [2.24, 2.45) is 5.41 Å². The van der Waals surface area contributed by atoms with Crippen LogP contribution in [0, 0.1) is 5.41 Å². The fourth-order valence-corrected chi connectivity index (χ4v) is 5.04. The van der Waals surface area contributed by atoms with Crippen molar-refractivity contribution in [2.75, 3.05) is 13.1 Å². The number of furan rings is 1. The zero-order valence-corrected chi connectivity index (χ0v) is 15.1. The van der Waals surface area contributed by atoms with Crippen LogP contribution in [-0.2, 0) is 13.1 Å². The van der Waals surface area contributed by atoms with Crippen LogP contribution in [0.25, 0.3) is 11.0 Å². The Kier molecular flexibility index (Phi) is 3.88. The Balaban J connectivity index is 1.39. The van der Waals surface area contributed by atoms with Crippen molar-refractivity contribution in [1.29, 1.82) is 0 Å². The molecule has 1 N–H and O–H groups in total. The summed E-state index contributed by atoms with van der Waals surface area (Å²) in [5.74, 6) is 1.06. The highest BCUT2D eigenvalue weighted by molar-refractivity contribution is 7.09. The SMILES string of the molecule is c1ccc2oc(CN(Cc3nccs3)[C@@H]3CC34CCNCC4)cc2c1. The van der Waals surface area contributed by atoms with E-state index in [4.69, 9.17) is 4.42 Å². The van der Waals surface area contributed by atoms with Crippen LogP contribution < -0.4 is 5.32 Å². The van der Waals surface area contributed by atoms with Crippen LogP contribution in [0.4, 0.5) is 0 Å². The van der Waals surface area contributed by atoms with Crippen LogP contribution in [0.2, 0.25) is 0 Å². The van der Waals surface area contributed by atoms with Gasteiger partial charge in [0.1, 0.15) is 16.4 Å². The van der Waals surface area contributed by atoms with Gasteiger partial charge >= 0.3 is 0 Å². The van der Waals surface area contributed by atoms with Gasteiger partial charge in [0.2, 0.25) is 0 Å². The van der Waals surface area contributed by atoms with Gasteiger partial charge in [-0.3, -0.25) is 4.90 Å². The molecule has 4 nitrogen and oxygen atoms in total. The predicted molar refractivity (Wildman–Crippen MR) is 101 cm³/mol. The summed E-state index contributed by atoms with van der Waals surface area (Å²) in [6, 6.07) is 11.1. The third-order valence-electron chi connectivity index (χ3n) is 5.84. The molecule has 2 aliphatic rings. The second kappa shape index (κ2) is 6.24. The van der Waals surface area contributed by atoms with Crippen molar-refractivity contribution in [2.45, 2.75) is 38.4 Å². The summed E-state index contributed by atoms with van der Waals surface area (Å²) in [5, 5.41) is 7.97. The number of para-hydroxylation sites is 1. The summed E-state index contributed by atoms with van der Waals surface area (Å²) in [4.78, 5) is 7.12. The highest BCUT2D eigenvalue weighted by atomic mass is 32.1. The molecule has 1 aliphatic heterocycles. The van der Waals surface area contributed by atoms with E-state index in [0.717, 1.165) is 37.5 Å². The molecule has 1 atom stereocenters. The smallest absolute Gasteiger partial charge is 0.134 e. The second-order valence-corrected chi connectivity index (χ2v) is 8.39. The minimum atomic E-state index is 0.522. The van der Waals surface area contributed by atoms with Gasteiger partial charge in [0.25, 0.3) is 0 Å². The van der Waals surface area contributed by atoms with Gasteiger partial charge in [-0.05, 0) is 49.9 Å². The number of hydrogen-bond donors (Lipinski definition) is 1. The maximum atomic E-state index is 6.10. The van der Waals surface area contributed by atoms with Crippen LogP contribution in [0.3, 0.4) is 0 Å². The number of piperidine rings is 1. The van der Waals surface area contributed by atoms with Crippen molar-refractivity contribution >= 4 is 22.3 Å². The van der Waals surface area contributed by atoms with Gasteiger partial charge in [0.05, 0.1) is 13.1 Å². The summed E-state index contributed by atoms with van der Waals surface area (Å²) in [6.45, 7) is 4.11. The number of nitrogens with zero attached hydrogens (tertiary/aromatic N) is 2. The molecule has 0 unspecified atom stereocenters. The van der Waals surface area contributed by atoms with E-state index in [2.05, 4.69) is 44.8 Å². The molecule has 3 aromatic rings. The Morgan fingerprint density at radius 2 is 2.12 bits per heavy atom. The van der Waals surface area contributed by atoms with Gasteiger partial charge < -0.3 is 9.73 Å². The molecule has 5 heteroatoms. The maximum absolute atomic E-state index is 6.10. The Morgan fingerprint density at radius 3 is 2.92 bits per heavy atom. The number of hydrogen-bond acceptors (Lipinski definition) is 5. The van der Waals surface area contributed by atoms with Crippen LogP contribution in [0.5, 0.6) is 0 Å². The molecule has 25 heavy (non-hydrogen) atoms. The van der Waals surface area contributed by atoms with Crippen LogP contribution in [0.1, 0.15) is 30.0 Å². The minimum Gasteiger partial charge on any atom is -0.460 e. The number of benzene rings is 1. The number of nitrogens with one attached hydrogen (secondary N) is 1. The molecule has 1 aliphatic carbocycles. The molecule has 0 bridgehead atoms. The Bertz CT molecular complexity index is 818. The molecule has 2 fully saturated rings. The van der Waals surface area contributed by atoms with E-state index < -0.39 is 0 Å². The van der Waals surface area contributed by atoms with E-state index in [1.807, 2.05) is 12.3 Å². The van der Waals surface area contributed by atoms with E-state index >= 15 is 0 Å². The molecule has 5 rings (SSSR count). The van der Waals surface area contributed by atoms with E-state index in [1.54, 1.807) is 11.3 Å². The van der Waals surface area contributed by atoms with Crippen molar-refractivity contribution in [1.82, 2.24) is 15.2 Å². The van der Waals surface area contributed by atoms with Crippen LogP contribution in [0.15, 0.2) is 46.3 Å². The quantitative estimate of drug-likeness (QED) is 0.752. The standard InChI is InChI=1S/C20H23N3OS/c1-2-4-17-15(3-1)11-16(24-17)13-23(14-19-22-9-10-25-19)18-12-20(18)5-7-21-8-6-20/h1-4,9-11,18,21H,5-8,12-14H2/t18-/m1/s1. The Hall–Kier alpha value is -1.69. The summed E-state index contributed by atoms with van der Waals surface area (Å²) < 4.78 is 6.10. The average Bonchev–Trinajstić information content (AvgIpc) is 3.02. The van der Waals surface area contributed by atoms with Gasteiger partial charge in [-0.2, -0.15) is 0 Å². The molecule has 130 valence electrons. The zero-order chi connectivity index (χ0) is 16.7. The summed E-state index contributed by atoms with van der Waals surface area (Å²) in [7, 11) is 0. The second-order valence-electron chi connectivity index (χ2n) is 7.41. The lowest BCUT2D eigenvalue weighted by molar-refractivity contribution is 0.177. The lowest BCUT2D eigenvalue weighted by Crippen LogP contribution is -2.35. The minimum absolute atomic E-state index is 0.522. The fraction of sp³-hybridized carbons (Fsp3) is 0.450. The van der Waals surface area contributed by atoms with Crippen LogP contribution >= 0.6 is 11.3 Å². The Labute approximate surface area is 151 Å². The third-order valence-corrected chi connectivity index (χ3v) is 6.61. The molecule has 1 spiro atoms. The van der Waals surface area contributed by atoms with Crippen molar-refractivity contribution in [3.05, 3.63) is 52.7 Å². The number of rotatable bonds is 5. The molecule has 2 aromatic heterocycles. The van der Waals surface area contributed by atoms with Crippen LogP contribution in [-0.4, -0.2) is 29.0 Å². The number of thiazole rings is 1. The summed E-state index contributed by atoms with van der Waals surface area (Å²) in [5.41, 5.74) is 1.51. The first-order valence-electron chi connectivity index (χ1n) is 9.13. The maximum Gasteiger partial charge on any atom is 0.134 e. The highest BCUT2D eigenvalue weighted by Crippen LogP contribution is 2.56. The summed E-state index contributed by atoms with van der Waals surface area (Å²) >= 11 is 1.75. The first-order chi connectivity index (χ1) is 12.3. The van der Waals surface area contributed by atoms with Gasteiger partial charge in [0, 0.05) is 23.0 Å². The molecular formula is C20H23N3OS. The van der Waals surface area contributed by atoms with E-state index in [9.17, 15) is 0 Å². The molecular weight excluding hydrogens is 330 g/mol. The van der Waals surface area contributed by atoms with Gasteiger partial charge in [-0.25, -0.2) is 4.98 Å². The van der Waals surface area contributed by atoms with Crippen molar-refractivity contribution in [3.8, 4) is 0 Å². The fourth-order valence-electron chi connectivity index (χ4n) is 4.40. The molecule has 1 saturated carbocycles. The van der Waals surface area contributed by atoms with Crippen molar-refractivity contribution in [3.63, 3.8) is 0 Å². The van der Waals surface area contributed by atoms with Gasteiger partial charge in [-0.1, -0.05) is 18.2 Å². The highest BCUT2D eigenvalue weighted by Gasteiger charge is 2.56. The largest absolute Gasteiger partial charge is 0.460 e. The number of fused-ring (bicyclic) bond motifs is 1. The van der Waals surface area contributed by atoms with Crippen molar-refractivity contribution < 1.29 is 4.42 Å². The normalized spacial score (nSPS) is 22.0. The third kappa shape index (κ3) is 3.01. The van der Waals surface area contributed by atoms with Gasteiger partial charge in [0.15, 0.2) is 0 Å². The molecule has 1 saturated heterocycles. The summed E-state index contributed by atoms with van der Waals surface area (Å²) in [6.07, 6.45) is 5.82. The lowest BCUT2D eigenvalue weighted by Gasteiger charge is -2.28. The first kappa shape index (κ1) is 15.6. The Morgan fingerprint density at radius 1 is 1.24 bits per heavy atom. The van der Waals surface area contributed by atoms with E-state index in [-0.39, 0.29) is 0 Å². The monoisotopic (exact) mass is 353 g/mol. The molecule has 1 aromatic carbocycles. The van der Waals surface area contributed by atoms with Gasteiger partial charge in [-0.15, -0.1) is 11.3 Å². The topological polar surface area (TPSA) is 41.3 Å². The molecule has 0 amide bonds. The number of aromatic nitrogens is 1. The average molecular weight is 353 g/mol.